The maximum Gasteiger partial charge on any atom is 0.412 e. The van der Waals surface area contributed by atoms with Gasteiger partial charge in [0.05, 0.1) is 20.3 Å². The van der Waals surface area contributed by atoms with E-state index in [4.69, 9.17) is 9.16 Å². The van der Waals surface area contributed by atoms with Crippen LogP contribution in [0.15, 0.2) is 29.6 Å². The summed E-state index contributed by atoms with van der Waals surface area (Å²) in [4.78, 5) is 54.6. The number of methoxy groups -OCH3 is 1. The molecule has 2 rings (SSSR count). The van der Waals surface area contributed by atoms with Crippen LogP contribution in [-0.2, 0) is 23.5 Å². The lowest BCUT2D eigenvalue weighted by atomic mass is 10.2. The fourth-order valence-electron chi connectivity index (χ4n) is 3.15. The summed E-state index contributed by atoms with van der Waals surface area (Å²) in [5.41, 5.74) is 0.711. The number of carbonyl (C=O) groups excluding carboxylic acids is 4. The van der Waals surface area contributed by atoms with Crippen LogP contribution in [0.25, 0.3) is 10.6 Å². The number of aliphatic hydroxyl groups is 1. The maximum atomic E-state index is 13.2. The number of nitrogens with zero attached hydrogens (tertiary/aromatic N) is 1. The van der Waals surface area contributed by atoms with E-state index >= 15 is 0 Å². The molecule has 14 heteroatoms. The van der Waals surface area contributed by atoms with Crippen molar-refractivity contribution < 1.29 is 38.2 Å². The summed E-state index contributed by atoms with van der Waals surface area (Å²) >= 11 is 1.23. The molecule has 2 atom stereocenters. The molecule has 0 aliphatic rings. The molecule has 0 radical (unpaired) electrons. The van der Waals surface area contributed by atoms with Crippen molar-refractivity contribution in [2.45, 2.75) is 77.4 Å². The van der Waals surface area contributed by atoms with Crippen LogP contribution in [0.4, 0.5) is 10.5 Å². The van der Waals surface area contributed by atoms with E-state index in [1.54, 1.807) is 50.4 Å². The Morgan fingerprint density at radius 3 is 2.14 bits per heavy atom. The van der Waals surface area contributed by atoms with Gasteiger partial charge in [-0.1, -0.05) is 20.8 Å². The average Bonchev–Trinajstić information content (AvgIpc) is 3.38. The molecule has 0 bridgehead atoms. The molecule has 2 aromatic rings. The molecule has 0 saturated carbocycles. The second-order valence-electron chi connectivity index (χ2n) is 12.1. The normalized spacial score (nSPS) is 13.5. The number of aromatic nitrogens is 1. The van der Waals surface area contributed by atoms with Crippen LogP contribution in [0.2, 0.25) is 18.1 Å². The van der Waals surface area contributed by atoms with Crippen molar-refractivity contribution in [3.8, 4) is 10.6 Å². The van der Waals surface area contributed by atoms with Gasteiger partial charge in [-0.15, -0.1) is 11.3 Å². The van der Waals surface area contributed by atoms with Gasteiger partial charge >= 0.3 is 12.1 Å². The Hall–Kier alpha value is -3.33. The highest BCUT2D eigenvalue weighted by Crippen LogP contribution is 2.36. The number of benzene rings is 1. The maximum absolute atomic E-state index is 13.2. The number of nitrogens with one attached hydrogen (secondary N) is 3. The van der Waals surface area contributed by atoms with E-state index in [0.717, 1.165) is 7.11 Å². The molecule has 12 nitrogen and oxygen atoms in total. The predicted molar refractivity (Wildman–Crippen MR) is 163 cm³/mol. The molecule has 0 aliphatic heterocycles. The third-order valence-electron chi connectivity index (χ3n) is 6.54. The van der Waals surface area contributed by atoms with Crippen LogP contribution >= 0.6 is 11.3 Å². The zero-order chi connectivity index (χ0) is 31.9. The van der Waals surface area contributed by atoms with Crippen LogP contribution in [0.5, 0.6) is 0 Å². The standard InChI is InChI=1S/C28H42N4O8SSi/c1-27(2,3)40-26(37)29-18-12-10-17(11-13-18)24-32-21(16-41-24)23(35)31-20(15-39-42(8,9)28(4,5)6)22(34)30-19(14-33)25(36)38-7/h10-13,16,19-20,33H,14-15H2,1-9H3,(H,29,37)(H,30,34)(H,31,35). The van der Waals surface area contributed by atoms with E-state index in [0.29, 0.717) is 16.3 Å². The quantitative estimate of drug-likeness (QED) is 0.215. The Morgan fingerprint density at radius 1 is 1.00 bits per heavy atom. The molecule has 2 unspecified atom stereocenters. The Kier molecular flexibility index (Phi) is 11.8. The van der Waals surface area contributed by atoms with Crippen LogP contribution in [0.3, 0.4) is 0 Å². The zero-order valence-corrected chi connectivity index (χ0v) is 27.4. The van der Waals surface area contributed by atoms with Gasteiger partial charge in [-0.05, 0) is 63.2 Å². The predicted octanol–water partition coefficient (Wildman–Crippen LogP) is 3.93. The summed E-state index contributed by atoms with van der Waals surface area (Å²) in [5, 5.41) is 19.2. The topological polar surface area (TPSA) is 165 Å². The fraction of sp³-hybridized carbons (Fsp3) is 0.536. The van der Waals surface area contributed by atoms with E-state index in [1.807, 2.05) is 33.9 Å². The number of carbonyl (C=O) groups is 4. The monoisotopic (exact) mass is 622 g/mol. The highest BCUT2D eigenvalue weighted by Gasteiger charge is 2.39. The van der Waals surface area contributed by atoms with Crippen molar-refractivity contribution in [1.82, 2.24) is 15.6 Å². The van der Waals surface area contributed by atoms with Gasteiger partial charge in [-0.3, -0.25) is 14.9 Å². The highest BCUT2D eigenvalue weighted by molar-refractivity contribution is 7.13. The van der Waals surface area contributed by atoms with Gasteiger partial charge in [0.1, 0.15) is 22.3 Å². The van der Waals surface area contributed by atoms with Crippen LogP contribution in [0.1, 0.15) is 52.0 Å². The van der Waals surface area contributed by atoms with Crippen molar-refractivity contribution in [2.24, 2.45) is 0 Å². The Balaban J connectivity index is 2.18. The van der Waals surface area contributed by atoms with E-state index in [2.05, 4.69) is 25.7 Å². The molecule has 3 amide bonds. The molecule has 1 aromatic heterocycles. The summed E-state index contributed by atoms with van der Waals surface area (Å²) in [6, 6.07) is 4.41. The van der Waals surface area contributed by atoms with Gasteiger partial charge in [-0.2, -0.15) is 0 Å². The SMILES string of the molecule is COC(=O)C(CO)NC(=O)C(CO[Si](C)(C)C(C)(C)C)NC(=O)c1csc(-c2ccc(NC(=O)OC(C)(C)C)cc2)n1. The first-order valence-electron chi connectivity index (χ1n) is 13.4. The van der Waals surface area contributed by atoms with Gasteiger partial charge < -0.3 is 29.6 Å². The van der Waals surface area contributed by atoms with Crippen molar-refractivity contribution >= 4 is 49.2 Å². The van der Waals surface area contributed by atoms with Gasteiger partial charge in [0.2, 0.25) is 5.91 Å². The molecular weight excluding hydrogens is 580 g/mol. The van der Waals surface area contributed by atoms with Gasteiger partial charge in [0.25, 0.3) is 5.91 Å². The van der Waals surface area contributed by atoms with Gasteiger partial charge in [-0.25, -0.2) is 14.6 Å². The van der Waals surface area contributed by atoms with Crippen LogP contribution in [-0.4, -0.2) is 80.3 Å². The number of ether oxygens (including phenoxy) is 2. The Bertz CT molecular complexity index is 1250. The third kappa shape index (κ3) is 10.2. The zero-order valence-electron chi connectivity index (χ0n) is 25.6. The number of hydrogen-bond donors (Lipinski definition) is 4. The smallest absolute Gasteiger partial charge is 0.412 e. The van der Waals surface area contributed by atoms with Crippen LogP contribution < -0.4 is 16.0 Å². The van der Waals surface area contributed by atoms with E-state index in [1.165, 1.54) is 11.3 Å². The van der Waals surface area contributed by atoms with Crippen molar-refractivity contribution in [3.05, 3.63) is 35.3 Å². The first kappa shape index (κ1) is 34.9. The summed E-state index contributed by atoms with van der Waals surface area (Å²) in [5.74, 6) is -2.15. The molecule has 1 heterocycles. The molecule has 4 N–H and O–H groups in total. The van der Waals surface area contributed by atoms with E-state index < -0.39 is 56.5 Å². The Morgan fingerprint density at radius 2 is 1.62 bits per heavy atom. The molecule has 1 aromatic carbocycles. The van der Waals surface area contributed by atoms with Crippen molar-refractivity contribution in [3.63, 3.8) is 0 Å². The minimum Gasteiger partial charge on any atom is -0.467 e. The van der Waals surface area contributed by atoms with Crippen molar-refractivity contribution in [1.29, 1.82) is 0 Å². The first-order chi connectivity index (χ1) is 19.4. The van der Waals surface area contributed by atoms with Crippen molar-refractivity contribution in [2.75, 3.05) is 25.6 Å². The number of hydrogen-bond acceptors (Lipinski definition) is 10. The molecule has 232 valence electrons. The lowest BCUT2D eigenvalue weighted by Crippen LogP contribution is -2.56. The highest BCUT2D eigenvalue weighted by atomic mass is 32.1. The number of aliphatic hydroxyl groups excluding tert-OH is 1. The molecule has 0 aliphatic carbocycles. The molecule has 42 heavy (non-hydrogen) atoms. The largest absolute Gasteiger partial charge is 0.467 e. The number of rotatable bonds is 11. The van der Waals surface area contributed by atoms with Gasteiger partial charge in [0, 0.05) is 16.6 Å². The number of anilines is 1. The minimum absolute atomic E-state index is 0.0859. The van der Waals surface area contributed by atoms with E-state index in [-0.39, 0.29) is 17.3 Å². The Labute approximate surface area is 251 Å². The number of esters is 1. The molecular formula is C28H42N4O8SSi. The fourth-order valence-corrected chi connectivity index (χ4v) is 4.97. The first-order valence-corrected chi connectivity index (χ1v) is 17.2. The molecule has 0 spiro atoms. The minimum atomic E-state index is -2.31. The summed E-state index contributed by atoms with van der Waals surface area (Å²) < 4.78 is 16.1. The lowest BCUT2D eigenvalue weighted by Gasteiger charge is -2.37. The third-order valence-corrected chi connectivity index (χ3v) is 11.9. The summed E-state index contributed by atoms with van der Waals surface area (Å²) in [6.07, 6.45) is -0.573. The molecule has 0 saturated heterocycles. The summed E-state index contributed by atoms with van der Waals surface area (Å²) in [6.45, 7) is 14.7. The van der Waals surface area contributed by atoms with Gasteiger partial charge in [0.15, 0.2) is 14.4 Å². The average molecular weight is 623 g/mol. The second kappa shape index (κ2) is 14.2. The number of thiazole rings is 1. The summed E-state index contributed by atoms with van der Waals surface area (Å²) in [7, 11) is -1.17. The lowest BCUT2D eigenvalue weighted by molar-refractivity contribution is -0.146. The number of amides is 3. The van der Waals surface area contributed by atoms with Crippen LogP contribution in [0, 0.1) is 0 Å². The second-order valence-corrected chi connectivity index (χ2v) is 17.8. The van der Waals surface area contributed by atoms with E-state index in [9.17, 15) is 24.3 Å². The molecule has 0 fully saturated rings.